The fourth-order valence-corrected chi connectivity index (χ4v) is 2.00. The van der Waals surface area contributed by atoms with Gasteiger partial charge in [-0.2, -0.15) is 12.7 Å². The second-order valence-electron chi connectivity index (χ2n) is 3.80. The Labute approximate surface area is 92.7 Å². The molecule has 2 N–H and O–H groups in total. The van der Waals surface area contributed by atoms with Crippen molar-refractivity contribution in [3.8, 4) is 0 Å². The van der Waals surface area contributed by atoms with Crippen molar-refractivity contribution in [2.24, 2.45) is 5.92 Å². The maximum Gasteiger partial charge on any atom is 0.278 e. The van der Waals surface area contributed by atoms with E-state index in [0.29, 0.717) is 13.0 Å². The molecule has 0 rings (SSSR count). The smallest absolute Gasteiger partial charge is 0.278 e. The van der Waals surface area contributed by atoms with Gasteiger partial charge in [0.15, 0.2) is 0 Å². The van der Waals surface area contributed by atoms with Crippen LogP contribution in [0.1, 0.15) is 26.2 Å². The van der Waals surface area contributed by atoms with E-state index >= 15 is 0 Å². The van der Waals surface area contributed by atoms with E-state index in [1.54, 1.807) is 0 Å². The molecule has 0 amide bonds. The van der Waals surface area contributed by atoms with Crippen LogP contribution in [0.3, 0.4) is 0 Å². The van der Waals surface area contributed by atoms with Gasteiger partial charge in [0.05, 0.1) is 0 Å². The van der Waals surface area contributed by atoms with Gasteiger partial charge >= 0.3 is 0 Å². The Kier molecular flexibility index (Phi) is 7.08. The molecule has 0 bridgehead atoms. The number of aliphatic hydroxyl groups excluding tert-OH is 1. The summed E-state index contributed by atoms with van der Waals surface area (Å²) in [5.74, 6) is 0.217. The first-order valence-electron chi connectivity index (χ1n) is 5.22. The summed E-state index contributed by atoms with van der Waals surface area (Å²) in [5.41, 5.74) is 0. The minimum absolute atomic E-state index is 0.106. The molecule has 0 radical (unpaired) electrons. The normalized spacial score (nSPS) is 14.5. The highest BCUT2D eigenvalue weighted by molar-refractivity contribution is 7.87. The lowest BCUT2D eigenvalue weighted by Gasteiger charge is -2.18. The van der Waals surface area contributed by atoms with Crippen molar-refractivity contribution in [3.63, 3.8) is 0 Å². The molecule has 92 valence electrons. The van der Waals surface area contributed by atoms with Gasteiger partial charge in [0.2, 0.25) is 0 Å². The summed E-state index contributed by atoms with van der Waals surface area (Å²) in [5, 5.41) is 8.81. The number of nitrogens with zero attached hydrogens (tertiary/aromatic N) is 1. The fourth-order valence-electron chi connectivity index (χ4n) is 1.29. The first-order valence-corrected chi connectivity index (χ1v) is 6.66. The molecule has 15 heavy (non-hydrogen) atoms. The number of hydrogen-bond acceptors (Lipinski definition) is 3. The topological polar surface area (TPSA) is 69.6 Å². The summed E-state index contributed by atoms with van der Waals surface area (Å²) < 4.78 is 26.5. The standard InChI is InChI=1S/C9H22N2O3S/c1-4-5-9(6-7-12)8-10-15(13,14)11(2)3/h9-10,12H,4-8H2,1-3H3. The van der Waals surface area contributed by atoms with Gasteiger partial charge in [-0.1, -0.05) is 13.3 Å². The molecule has 0 aromatic rings. The number of hydrogen-bond donors (Lipinski definition) is 2. The zero-order chi connectivity index (χ0) is 11.9. The van der Waals surface area contributed by atoms with Gasteiger partial charge in [-0.3, -0.25) is 0 Å². The summed E-state index contributed by atoms with van der Waals surface area (Å²) in [6.45, 7) is 2.55. The van der Waals surface area contributed by atoms with Crippen molar-refractivity contribution in [3.05, 3.63) is 0 Å². The van der Waals surface area contributed by atoms with E-state index in [1.165, 1.54) is 14.1 Å². The minimum atomic E-state index is -3.33. The zero-order valence-corrected chi connectivity index (χ0v) is 10.5. The SMILES string of the molecule is CCCC(CCO)CNS(=O)(=O)N(C)C. The molecule has 0 spiro atoms. The van der Waals surface area contributed by atoms with Crippen LogP contribution >= 0.6 is 0 Å². The van der Waals surface area contributed by atoms with Crippen molar-refractivity contribution in [2.75, 3.05) is 27.2 Å². The van der Waals surface area contributed by atoms with Gasteiger partial charge in [-0.25, -0.2) is 4.72 Å². The molecule has 0 aliphatic heterocycles. The van der Waals surface area contributed by atoms with E-state index in [1.807, 2.05) is 6.92 Å². The van der Waals surface area contributed by atoms with Crippen LogP contribution in [0.15, 0.2) is 0 Å². The van der Waals surface area contributed by atoms with E-state index in [-0.39, 0.29) is 12.5 Å². The van der Waals surface area contributed by atoms with E-state index in [2.05, 4.69) is 4.72 Å². The highest BCUT2D eigenvalue weighted by Gasteiger charge is 2.15. The van der Waals surface area contributed by atoms with E-state index in [0.717, 1.165) is 17.1 Å². The first-order chi connectivity index (χ1) is 6.94. The summed E-state index contributed by atoms with van der Waals surface area (Å²) in [6, 6.07) is 0. The second kappa shape index (κ2) is 7.16. The van der Waals surface area contributed by atoms with E-state index in [9.17, 15) is 8.42 Å². The van der Waals surface area contributed by atoms with Gasteiger partial charge in [0.25, 0.3) is 10.2 Å². The molecule has 6 heteroatoms. The lowest BCUT2D eigenvalue weighted by atomic mass is 10.0. The maximum atomic E-state index is 11.4. The zero-order valence-electron chi connectivity index (χ0n) is 9.73. The van der Waals surface area contributed by atoms with Crippen molar-refractivity contribution in [2.45, 2.75) is 26.2 Å². The lowest BCUT2D eigenvalue weighted by molar-refractivity contribution is 0.251. The van der Waals surface area contributed by atoms with Crippen molar-refractivity contribution >= 4 is 10.2 Å². The molecule has 1 unspecified atom stereocenters. The Morgan fingerprint density at radius 3 is 2.33 bits per heavy atom. The molecule has 1 atom stereocenters. The first kappa shape index (κ1) is 14.8. The van der Waals surface area contributed by atoms with Crippen LogP contribution in [0.4, 0.5) is 0 Å². The molecular formula is C9H22N2O3S. The van der Waals surface area contributed by atoms with Gasteiger partial charge in [-0.15, -0.1) is 0 Å². The third-order valence-corrected chi connectivity index (χ3v) is 3.76. The van der Waals surface area contributed by atoms with Crippen LogP contribution in [-0.2, 0) is 10.2 Å². The second-order valence-corrected chi connectivity index (χ2v) is 5.77. The molecule has 0 aliphatic carbocycles. The predicted octanol–water partition coefficient (Wildman–Crippen LogP) is 0.181. The number of aliphatic hydroxyl groups is 1. The van der Waals surface area contributed by atoms with Gasteiger partial charge in [-0.05, 0) is 18.8 Å². The molecule has 0 aromatic carbocycles. The predicted molar refractivity (Wildman–Crippen MR) is 60.7 cm³/mol. The molecular weight excluding hydrogens is 216 g/mol. The highest BCUT2D eigenvalue weighted by atomic mass is 32.2. The number of nitrogens with one attached hydrogen (secondary N) is 1. The summed E-state index contributed by atoms with van der Waals surface area (Å²) >= 11 is 0. The Balaban J connectivity index is 4.09. The van der Waals surface area contributed by atoms with E-state index < -0.39 is 10.2 Å². The van der Waals surface area contributed by atoms with Crippen LogP contribution in [0.2, 0.25) is 0 Å². The third-order valence-electron chi connectivity index (χ3n) is 2.27. The molecule has 0 saturated carbocycles. The quantitative estimate of drug-likeness (QED) is 0.634. The summed E-state index contributed by atoms with van der Waals surface area (Å²) in [6.07, 6.45) is 2.56. The summed E-state index contributed by atoms with van der Waals surface area (Å²) in [4.78, 5) is 0. The average Bonchev–Trinajstić information content (AvgIpc) is 2.15. The molecule has 0 heterocycles. The fraction of sp³-hybridized carbons (Fsp3) is 1.00. The van der Waals surface area contributed by atoms with Crippen LogP contribution in [-0.4, -0.2) is 45.1 Å². The van der Waals surface area contributed by atoms with Gasteiger partial charge in [0.1, 0.15) is 0 Å². The average molecular weight is 238 g/mol. The molecule has 0 aromatic heterocycles. The maximum absolute atomic E-state index is 11.4. The Morgan fingerprint density at radius 1 is 1.33 bits per heavy atom. The minimum Gasteiger partial charge on any atom is -0.396 e. The van der Waals surface area contributed by atoms with Crippen molar-refractivity contribution < 1.29 is 13.5 Å². The van der Waals surface area contributed by atoms with Crippen LogP contribution in [0.25, 0.3) is 0 Å². The van der Waals surface area contributed by atoms with E-state index in [4.69, 9.17) is 5.11 Å². The number of rotatable bonds is 8. The van der Waals surface area contributed by atoms with Gasteiger partial charge < -0.3 is 5.11 Å². The molecule has 0 aliphatic rings. The lowest BCUT2D eigenvalue weighted by Crippen LogP contribution is -2.38. The Morgan fingerprint density at radius 2 is 1.93 bits per heavy atom. The summed E-state index contributed by atoms with van der Waals surface area (Å²) in [7, 11) is -0.350. The molecule has 5 nitrogen and oxygen atoms in total. The van der Waals surface area contributed by atoms with Crippen molar-refractivity contribution in [1.82, 2.24) is 9.03 Å². The largest absolute Gasteiger partial charge is 0.396 e. The highest BCUT2D eigenvalue weighted by Crippen LogP contribution is 2.09. The van der Waals surface area contributed by atoms with Crippen LogP contribution in [0.5, 0.6) is 0 Å². The third kappa shape index (κ3) is 6.09. The van der Waals surface area contributed by atoms with Crippen LogP contribution in [0, 0.1) is 5.92 Å². The molecule has 0 fully saturated rings. The van der Waals surface area contributed by atoms with Crippen LogP contribution < -0.4 is 4.72 Å². The molecule has 0 saturated heterocycles. The van der Waals surface area contributed by atoms with Crippen molar-refractivity contribution in [1.29, 1.82) is 0 Å². The Bertz CT molecular complexity index is 246. The monoisotopic (exact) mass is 238 g/mol. The Hall–Kier alpha value is -0.170. The van der Waals surface area contributed by atoms with Gasteiger partial charge in [0, 0.05) is 27.2 Å².